The minimum absolute atomic E-state index is 0.0834. The van der Waals surface area contributed by atoms with Gasteiger partial charge < -0.3 is 5.73 Å². The van der Waals surface area contributed by atoms with Crippen molar-refractivity contribution in [2.45, 2.75) is 26.8 Å². The number of rotatable bonds is 2. The van der Waals surface area contributed by atoms with Crippen molar-refractivity contribution in [1.29, 1.82) is 0 Å². The van der Waals surface area contributed by atoms with Gasteiger partial charge in [0.1, 0.15) is 0 Å². The van der Waals surface area contributed by atoms with Crippen LogP contribution in [0.25, 0.3) is 0 Å². The summed E-state index contributed by atoms with van der Waals surface area (Å²) in [5.41, 5.74) is 12.5. The van der Waals surface area contributed by atoms with Crippen molar-refractivity contribution in [3.63, 3.8) is 0 Å². The van der Waals surface area contributed by atoms with E-state index in [2.05, 4.69) is 73.1 Å². The lowest BCUT2D eigenvalue weighted by Gasteiger charge is -2.18. The van der Waals surface area contributed by atoms with Gasteiger partial charge in [-0.25, -0.2) is 0 Å². The quantitative estimate of drug-likeness (QED) is 0.873. The SMILES string of the molecule is Cc1ccc(C(N)c2cccc(C)c2C)c(Br)c1. The number of benzene rings is 2. The molecule has 0 fully saturated rings. The number of hydrogen-bond acceptors (Lipinski definition) is 1. The smallest absolute Gasteiger partial charge is 0.0565 e. The van der Waals surface area contributed by atoms with Gasteiger partial charge in [-0.2, -0.15) is 0 Å². The Hall–Kier alpha value is -1.12. The second-order valence-corrected chi connectivity index (χ2v) is 5.65. The Balaban J connectivity index is 2.48. The zero-order valence-corrected chi connectivity index (χ0v) is 12.6. The van der Waals surface area contributed by atoms with Crippen molar-refractivity contribution in [2.75, 3.05) is 0 Å². The van der Waals surface area contributed by atoms with E-state index in [1.807, 2.05) is 0 Å². The van der Waals surface area contributed by atoms with Gasteiger partial charge in [-0.1, -0.05) is 46.3 Å². The second-order valence-electron chi connectivity index (χ2n) is 4.79. The predicted molar refractivity (Wildman–Crippen MR) is 80.8 cm³/mol. The highest BCUT2D eigenvalue weighted by Crippen LogP contribution is 2.30. The van der Waals surface area contributed by atoms with Crippen LogP contribution >= 0.6 is 15.9 Å². The lowest BCUT2D eigenvalue weighted by Crippen LogP contribution is -2.14. The topological polar surface area (TPSA) is 26.0 Å². The molecule has 0 bridgehead atoms. The molecular formula is C16H18BrN. The molecule has 1 atom stereocenters. The Morgan fingerprint density at radius 1 is 1.00 bits per heavy atom. The zero-order chi connectivity index (χ0) is 13.3. The normalized spacial score (nSPS) is 12.5. The third kappa shape index (κ3) is 2.50. The molecule has 0 saturated heterocycles. The van der Waals surface area contributed by atoms with Crippen LogP contribution in [-0.2, 0) is 0 Å². The Kier molecular flexibility index (Phi) is 3.88. The van der Waals surface area contributed by atoms with E-state index in [1.165, 1.54) is 22.3 Å². The van der Waals surface area contributed by atoms with E-state index in [-0.39, 0.29) is 6.04 Å². The predicted octanol–water partition coefficient (Wildman–Crippen LogP) is 4.42. The Morgan fingerprint density at radius 3 is 2.39 bits per heavy atom. The van der Waals surface area contributed by atoms with Crippen LogP contribution in [0.15, 0.2) is 40.9 Å². The lowest BCUT2D eigenvalue weighted by molar-refractivity contribution is 0.853. The molecule has 0 aliphatic carbocycles. The number of nitrogens with two attached hydrogens (primary N) is 1. The molecule has 0 radical (unpaired) electrons. The molecule has 94 valence electrons. The summed E-state index contributed by atoms with van der Waals surface area (Å²) in [6, 6.07) is 12.5. The first-order valence-corrected chi connectivity index (χ1v) is 6.87. The first kappa shape index (κ1) is 13.3. The van der Waals surface area contributed by atoms with Crippen LogP contribution in [0.4, 0.5) is 0 Å². The summed E-state index contributed by atoms with van der Waals surface area (Å²) in [7, 11) is 0. The first-order chi connectivity index (χ1) is 8.50. The molecule has 0 aliphatic rings. The molecule has 18 heavy (non-hydrogen) atoms. The standard InChI is InChI=1S/C16H18BrN/c1-10-7-8-14(15(17)9-10)16(18)13-6-4-5-11(2)12(13)3/h4-9,16H,18H2,1-3H3. The number of aryl methyl sites for hydroxylation is 2. The van der Waals surface area contributed by atoms with Gasteiger partial charge in [-0.3, -0.25) is 0 Å². The van der Waals surface area contributed by atoms with Crippen molar-refractivity contribution < 1.29 is 0 Å². The Bertz CT molecular complexity index is 575. The molecule has 1 nitrogen and oxygen atoms in total. The van der Waals surface area contributed by atoms with E-state index in [4.69, 9.17) is 5.73 Å². The van der Waals surface area contributed by atoms with Gasteiger partial charge in [0.05, 0.1) is 6.04 Å². The lowest BCUT2D eigenvalue weighted by atomic mass is 9.93. The van der Waals surface area contributed by atoms with E-state index in [0.717, 1.165) is 10.0 Å². The number of hydrogen-bond donors (Lipinski definition) is 1. The van der Waals surface area contributed by atoms with Gasteiger partial charge in [-0.05, 0) is 54.7 Å². The summed E-state index contributed by atoms with van der Waals surface area (Å²) in [6.07, 6.45) is 0. The van der Waals surface area contributed by atoms with Crippen LogP contribution in [-0.4, -0.2) is 0 Å². The molecule has 0 heterocycles. The molecule has 2 heteroatoms. The molecule has 0 aromatic heterocycles. The highest BCUT2D eigenvalue weighted by atomic mass is 79.9. The minimum atomic E-state index is -0.0834. The van der Waals surface area contributed by atoms with Crippen LogP contribution < -0.4 is 5.73 Å². The maximum absolute atomic E-state index is 6.41. The maximum atomic E-state index is 6.41. The molecule has 2 aromatic rings. The van der Waals surface area contributed by atoms with Crippen molar-refractivity contribution in [2.24, 2.45) is 5.73 Å². The second kappa shape index (κ2) is 5.25. The summed E-state index contributed by atoms with van der Waals surface area (Å²) >= 11 is 3.61. The van der Waals surface area contributed by atoms with E-state index in [9.17, 15) is 0 Å². The fourth-order valence-electron chi connectivity index (χ4n) is 2.16. The van der Waals surface area contributed by atoms with Crippen molar-refractivity contribution in [1.82, 2.24) is 0 Å². The van der Waals surface area contributed by atoms with Gasteiger partial charge in [0, 0.05) is 4.47 Å². The molecule has 2 rings (SSSR count). The minimum Gasteiger partial charge on any atom is -0.320 e. The molecule has 2 N–H and O–H groups in total. The molecule has 2 aromatic carbocycles. The summed E-state index contributed by atoms with van der Waals surface area (Å²) in [5.74, 6) is 0. The molecule has 0 saturated carbocycles. The summed E-state index contributed by atoms with van der Waals surface area (Å²) < 4.78 is 1.08. The Morgan fingerprint density at radius 2 is 1.72 bits per heavy atom. The molecule has 1 unspecified atom stereocenters. The van der Waals surface area contributed by atoms with Crippen molar-refractivity contribution >= 4 is 15.9 Å². The van der Waals surface area contributed by atoms with Gasteiger partial charge >= 0.3 is 0 Å². The highest BCUT2D eigenvalue weighted by Gasteiger charge is 2.14. The van der Waals surface area contributed by atoms with Crippen LogP contribution in [0.5, 0.6) is 0 Å². The fraction of sp³-hybridized carbons (Fsp3) is 0.250. The maximum Gasteiger partial charge on any atom is 0.0565 e. The molecule has 0 aliphatic heterocycles. The summed E-state index contributed by atoms with van der Waals surface area (Å²) in [5, 5.41) is 0. The largest absolute Gasteiger partial charge is 0.320 e. The average Bonchev–Trinajstić information content (AvgIpc) is 2.32. The van der Waals surface area contributed by atoms with Crippen molar-refractivity contribution in [3.05, 3.63) is 68.7 Å². The van der Waals surface area contributed by atoms with Crippen LogP contribution in [0.1, 0.15) is 33.9 Å². The average molecular weight is 304 g/mol. The fourth-order valence-corrected chi connectivity index (χ4v) is 2.90. The molecule has 0 spiro atoms. The molecular weight excluding hydrogens is 286 g/mol. The summed E-state index contributed by atoms with van der Waals surface area (Å²) in [4.78, 5) is 0. The van der Waals surface area contributed by atoms with Gasteiger partial charge in [0.25, 0.3) is 0 Å². The van der Waals surface area contributed by atoms with E-state index < -0.39 is 0 Å². The molecule has 0 amide bonds. The monoisotopic (exact) mass is 303 g/mol. The third-order valence-electron chi connectivity index (χ3n) is 3.47. The zero-order valence-electron chi connectivity index (χ0n) is 11.0. The summed E-state index contributed by atoms with van der Waals surface area (Å²) in [6.45, 7) is 6.33. The third-order valence-corrected chi connectivity index (χ3v) is 4.16. The van der Waals surface area contributed by atoms with E-state index in [1.54, 1.807) is 0 Å². The van der Waals surface area contributed by atoms with Gasteiger partial charge in [0.2, 0.25) is 0 Å². The van der Waals surface area contributed by atoms with Gasteiger partial charge in [-0.15, -0.1) is 0 Å². The highest BCUT2D eigenvalue weighted by molar-refractivity contribution is 9.10. The van der Waals surface area contributed by atoms with Crippen LogP contribution in [0.2, 0.25) is 0 Å². The Labute approximate surface area is 117 Å². The van der Waals surface area contributed by atoms with Crippen molar-refractivity contribution in [3.8, 4) is 0 Å². The van der Waals surface area contributed by atoms with Crippen LogP contribution in [0, 0.1) is 20.8 Å². The van der Waals surface area contributed by atoms with Crippen LogP contribution in [0.3, 0.4) is 0 Å². The van der Waals surface area contributed by atoms with Gasteiger partial charge in [0.15, 0.2) is 0 Å². The van der Waals surface area contributed by atoms with E-state index >= 15 is 0 Å². The van der Waals surface area contributed by atoms with E-state index in [0.29, 0.717) is 0 Å². The number of halogens is 1. The first-order valence-electron chi connectivity index (χ1n) is 6.08.